The SMILES string of the molecule is CN1CC(C2(c3cn(C)c4ccccc34)CCCC(c3cn(C)c4ccccc34)C2)c2ccccc21. The van der Waals surface area contributed by atoms with E-state index in [0.29, 0.717) is 11.8 Å². The standard InChI is InChI=1S/C33H35N3/c1-34-20-27(24-12-4-7-15-30(24)34)23-11-10-18-33(19-23,28-21-35(2)31-16-8-5-13-25(28)31)29-22-36(3)32-17-9-6-14-26(29)32/h4-9,12-17,20-21,23,29H,10-11,18-19,22H2,1-3H3. The van der Waals surface area contributed by atoms with Crippen molar-refractivity contribution >= 4 is 27.5 Å². The summed E-state index contributed by atoms with van der Waals surface area (Å²) in [6, 6.07) is 27.2. The Morgan fingerprint density at radius 1 is 0.722 bits per heavy atom. The van der Waals surface area contributed by atoms with Crippen molar-refractivity contribution in [3.05, 3.63) is 102 Å². The van der Waals surface area contributed by atoms with Gasteiger partial charge in [-0.15, -0.1) is 0 Å². The van der Waals surface area contributed by atoms with Gasteiger partial charge >= 0.3 is 0 Å². The zero-order valence-electron chi connectivity index (χ0n) is 21.6. The van der Waals surface area contributed by atoms with Crippen LogP contribution in [-0.4, -0.2) is 22.7 Å². The van der Waals surface area contributed by atoms with Gasteiger partial charge in [0.15, 0.2) is 0 Å². The predicted molar refractivity (Wildman–Crippen MR) is 151 cm³/mol. The van der Waals surface area contributed by atoms with Crippen LogP contribution in [0.5, 0.6) is 0 Å². The number of likely N-dealkylation sites (N-methyl/N-ethyl adjacent to an activating group) is 1. The number of benzene rings is 3. The lowest BCUT2D eigenvalue weighted by atomic mass is 9.57. The molecule has 1 aliphatic carbocycles. The van der Waals surface area contributed by atoms with Gasteiger partial charge in [-0.2, -0.15) is 0 Å². The Labute approximate surface area is 214 Å². The number of anilines is 1. The fraction of sp³-hybridized carbons (Fsp3) is 0.333. The van der Waals surface area contributed by atoms with Crippen LogP contribution in [0.3, 0.4) is 0 Å². The molecule has 5 aromatic rings. The van der Waals surface area contributed by atoms with E-state index in [-0.39, 0.29) is 5.41 Å². The van der Waals surface area contributed by atoms with Crippen LogP contribution in [0.4, 0.5) is 5.69 Å². The molecule has 2 aliphatic rings. The van der Waals surface area contributed by atoms with Gasteiger partial charge in [0.2, 0.25) is 0 Å². The maximum absolute atomic E-state index is 2.49. The Balaban J connectivity index is 1.44. The minimum absolute atomic E-state index is 0.0988. The number of hydrogen-bond donors (Lipinski definition) is 0. The van der Waals surface area contributed by atoms with Gasteiger partial charge in [0.25, 0.3) is 0 Å². The van der Waals surface area contributed by atoms with Gasteiger partial charge in [-0.1, -0.05) is 61.0 Å². The van der Waals surface area contributed by atoms with E-state index in [1.807, 2.05) is 0 Å². The van der Waals surface area contributed by atoms with Crippen LogP contribution in [0.1, 0.15) is 54.2 Å². The van der Waals surface area contributed by atoms with Crippen LogP contribution < -0.4 is 4.90 Å². The van der Waals surface area contributed by atoms with E-state index >= 15 is 0 Å². The van der Waals surface area contributed by atoms with Crippen molar-refractivity contribution in [2.45, 2.75) is 42.9 Å². The molecule has 3 atom stereocenters. The van der Waals surface area contributed by atoms with E-state index in [2.05, 4.69) is 120 Å². The lowest BCUT2D eigenvalue weighted by Crippen LogP contribution is -2.40. The second kappa shape index (κ2) is 8.03. The van der Waals surface area contributed by atoms with Crippen LogP contribution in [-0.2, 0) is 19.5 Å². The molecule has 0 radical (unpaired) electrons. The van der Waals surface area contributed by atoms with Crippen molar-refractivity contribution < 1.29 is 0 Å². The van der Waals surface area contributed by atoms with Crippen molar-refractivity contribution in [1.29, 1.82) is 0 Å². The van der Waals surface area contributed by atoms with E-state index in [0.717, 1.165) is 6.54 Å². The van der Waals surface area contributed by atoms with Gasteiger partial charge in [-0.3, -0.25) is 0 Å². The topological polar surface area (TPSA) is 13.1 Å². The van der Waals surface area contributed by atoms with Crippen LogP contribution in [0.2, 0.25) is 0 Å². The largest absolute Gasteiger partial charge is 0.374 e. The second-order valence-corrected chi connectivity index (χ2v) is 11.3. The molecule has 1 saturated carbocycles. The van der Waals surface area contributed by atoms with Crippen LogP contribution in [0.25, 0.3) is 21.8 Å². The van der Waals surface area contributed by atoms with E-state index in [9.17, 15) is 0 Å². The summed E-state index contributed by atoms with van der Waals surface area (Å²) in [4.78, 5) is 2.49. The molecule has 0 saturated heterocycles. The van der Waals surface area contributed by atoms with Crippen molar-refractivity contribution in [1.82, 2.24) is 9.13 Å². The maximum atomic E-state index is 2.49. The highest BCUT2D eigenvalue weighted by Crippen LogP contribution is 2.58. The molecule has 0 N–H and O–H groups in total. The Kier molecular flexibility index (Phi) is 4.86. The average Bonchev–Trinajstić information content (AvgIpc) is 3.56. The van der Waals surface area contributed by atoms with Gasteiger partial charge in [-0.05, 0) is 60.1 Å². The zero-order valence-corrected chi connectivity index (χ0v) is 21.6. The van der Waals surface area contributed by atoms with Crippen LogP contribution in [0, 0.1) is 0 Å². The number of para-hydroxylation sites is 3. The highest BCUT2D eigenvalue weighted by Gasteiger charge is 2.49. The molecule has 3 aromatic carbocycles. The first-order valence-electron chi connectivity index (χ1n) is 13.5. The number of fused-ring (bicyclic) bond motifs is 3. The number of hydrogen-bond acceptors (Lipinski definition) is 1. The summed E-state index contributed by atoms with van der Waals surface area (Å²) < 4.78 is 4.69. The highest BCUT2D eigenvalue weighted by atomic mass is 15.1. The van der Waals surface area contributed by atoms with Gasteiger partial charge in [0, 0.05) is 78.9 Å². The first kappa shape index (κ1) is 21.8. The molecule has 1 fully saturated rings. The molecular weight excluding hydrogens is 438 g/mol. The van der Waals surface area contributed by atoms with Gasteiger partial charge in [-0.25, -0.2) is 0 Å². The summed E-state index contributed by atoms with van der Waals surface area (Å²) in [5, 5.41) is 2.87. The smallest absolute Gasteiger partial charge is 0.0480 e. The van der Waals surface area contributed by atoms with E-state index in [4.69, 9.17) is 0 Å². The molecule has 3 heterocycles. The molecule has 1 aliphatic heterocycles. The number of aryl methyl sites for hydroxylation is 2. The van der Waals surface area contributed by atoms with Crippen LogP contribution in [0.15, 0.2) is 85.2 Å². The molecule has 0 amide bonds. The first-order valence-corrected chi connectivity index (χ1v) is 13.5. The number of rotatable bonds is 3. The monoisotopic (exact) mass is 473 g/mol. The van der Waals surface area contributed by atoms with Crippen LogP contribution >= 0.6 is 0 Å². The molecule has 0 spiro atoms. The quantitative estimate of drug-likeness (QED) is 0.264. The fourth-order valence-corrected chi connectivity index (χ4v) is 7.83. The average molecular weight is 474 g/mol. The Morgan fingerprint density at radius 2 is 1.39 bits per heavy atom. The lowest BCUT2D eigenvalue weighted by Gasteiger charge is -2.46. The Hall–Kier alpha value is -3.46. The maximum Gasteiger partial charge on any atom is 0.0480 e. The summed E-state index contributed by atoms with van der Waals surface area (Å²) in [5.74, 6) is 1.05. The van der Waals surface area contributed by atoms with E-state index in [1.165, 1.54) is 64.3 Å². The summed E-state index contributed by atoms with van der Waals surface area (Å²) in [6.07, 6.45) is 9.86. The van der Waals surface area contributed by atoms with Crippen molar-refractivity contribution in [3.8, 4) is 0 Å². The fourth-order valence-electron chi connectivity index (χ4n) is 7.83. The third-order valence-corrected chi connectivity index (χ3v) is 9.43. The third-order valence-electron chi connectivity index (χ3n) is 9.43. The molecule has 0 bridgehead atoms. The number of nitrogens with zero attached hydrogens (tertiary/aromatic N) is 3. The molecule has 36 heavy (non-hydrogen) atoms. The molecular formula is C33H35N3. The predicted octanol–water partition coefficient (Wildman–Crippen LogP) is 7.50. The van der Waals surface area contributed by atoms with E-state index in [1.54, 1.807) is 5.56 Å². The lowest BCUT2D eigenvalue weighted by molar-refractivity contribution is 0.228. The highest BCUT2D eigenvalue weighted by molar-refractivity contribution is 5.86. The molecule has 3 heteroatoms. The van der Waals surface area contributed by atoms with Crippen molar-refractivity contribution in [2.75, 3.05) is 18.5 Å². The summed E-state index contributed by atoms with van der Waals surface area (Å²) in [5.41, 5.74) is 8.83. The van der Waals surface area contributed by atoms with Gasteiger partial charge in [0.05, 0.1) is 0 Å². The zero-order chi connectivity index (χ0) is 24.4. The minimum atomic E-state index is 0.0988. The summed E-state index contributed by atoms with van der Waals surface area (Å²) >= 11 is 0. The second-order valence-electron chi connectivity index (χ2n) is 11.3. The van der Waals surface area contributed by atoms with Crippen molar-refractivity contribution in [2.24, 2.45) is 14.1 Å². The molecule has 3 nitrogen and oxygen atoms in total. The van der Waals surface area contributed by atoms with Gasteiger partial charge in [0.1, 0.15) is 0 Å². The third kappa shape index (κ3) is 3.05. The number of aromatic nitrogens is 2. The molecule has 2 aromatic heterocycles. The summed E-state index contributed by atoms with van der Waals surface area (Å²) in [6.45, 7) is 1.09. The van der Waals surface area contributed by atoms with Crippen molar-refractivity contribution in [3.63, 3.8) is 0 Å². The molecule has 182 valence electrons. The van der Waals surface area contributed by atoms with E-state index < -0.39 is 0 Å². The normalized spacial score (nSPS) is 24.0. The molecule has 7 rings (SSSR count). The first-order chi connectivity index (χ1) is 17.6. The summed E-state index contributed by atoms with van der Waals surface area (Å²) in [7, 11) is 6.70. The molecule has 3 unspecified atom stereocenters. The Morgan fingerprint density at radius 3 is 2.22 bits per heavy atom. The van der Waals surface area contributed by atoms with Gasteiger partial charge < -0.3 is 14.0 Å². The minimum Gasteiger partial charge on any atom is -0.374 e. The Bertz CT molecular complexity index is 1590.